The minimum Gasteiger partial charge on any atom is -0.494 e. The van der Waals surface area contributed by atoms with Gasteiger partial charge in [-0.2, -0.15) is 0 Å². The summed E-state index contributed by atoms with van der Waals surface area (Å²) < 4.78 is 8.14. The van der Waals surface area contributed by atoms with E-state index in [9.17, 15) is 9.59 Å². The molecule has 1 aromatic carbocycles. The molecule has 0 atom stereocenters. The van der Waals surface area contributed by atoms with Crippen LogP contribution in [0.5, 0.6) is 5.75 Å². The second kappa shape index (κ2) is 6.99. The number of amides is 1. The average Bonchev–Trinajstić information content (AvgIpc) is 2.90. The largest absolute Gasteiger partial charge is 0.494 e. The Morgan fingerprint density at radius 1 is 1.25 bits per heavy atom. The predicted octanol–water partition coefficient (Wildman–Crippen LogP) is 1.92. The lowest BCUT2D eigenvalue weighted by Gasteiger charge is -2.07. The van der Waals surface area contributed by atoms with Crippen molar-refractivity contribution in [1.82, 2.24) is 14.2 Å². The van der Waals surface area contributed by atoms with Crippen molar-refractivity contribution >= 4 is 17.2 Å². The summed E-state index contributed by atoms with van der Waals surface area (Å²) >= 11 is 0. The summed E-state index contributed by atoms with van der Waals surface area (Å²) in [4.78, 5) is 24.2. The van der Waals surface area contributed by atoms with E-state index < -0.39 is 0 Å². The van der Waals surface area contributed by atoms with Crippen LogP contribution in [0.1, 0.15) is 13.3 Å². The van der Waals surface area contributed by atoms with E-state index in [1.807, 2.05) is 25.1 Å². The molecular weight excluding hydrogens is 308 g/mol. The van der Waals surface area contributed by atoms with E-state index in [4.69, 9.17) is 4.74 Å². The van der Waals surface area contributed by atoms with Gasteiger partial charge in [0.15, 0.2) is 5.65 Å². The fraction of sp³-hybridized carbons (Fsp3) is 0.235. The molecule has 0 aliphatic carbocycles. The molecule has 7 heteroatoms. The Kier molecular flexibility index (Phi) is 4.60. The molecule has 0 saturated heterocycles. The first-order valence-electron chi connectivity index (χ1n) is 7.74. The fourth-order valence-electron chi connectivity index (χ4n) is 2.38. The van der Waals surface area contributed by atoms with Crippen LogP contribution >= 0.6 is 0 Å². The maximum atomic E-state index is 12.1. The molecule has 0 aliphatic rings. The summed E-state index contributed by atoms with van der Waals surface area (Å²) in [5.41, 5.74) is 0.970. The second-order valence-corrected chi connectivity index (χ2v) is 5.19. The Balaban J connectivity index is 1.64. The highest BCUT2D eigenvalue weighted by atomic mass is 16.5. The van der Waals surface area contributed by atoms with Crippen molar-refractivity contribution in [1.29, 1.82) is 0 Å². The number of rotatable bonds is 6. The third kappa shape index (κ3) is 3.45. The Morgan fingerprint density at radius 3 is 2.92 bits per heavy atom. The first kappa shape index (κ1) is 15.8. The molecule has 1 N–H and O–H groups in total. The Labute approximate surface area is 138 Å². The number of benzene rings is 1. The van der Waals surface area contributed by atoms with Gasteiger partial charge in [0, 0.05) is 24.4 Å². The molecule has 0 radical (unpaired) electrons. The van der Waals surface area contributed by atoms with Crippen LogP contribution in [-0.4, -0.2) is 26.7 Å². The van der Waals surface area contributed by atoms with Crippen LogP contribution in [0.2, 0.25) is 0 Å². The molecule has 24 heavy (non-hydrogen) atoms. The van der Waals surface area contributed by atoms with Gasteiger partial charge in [0.25, 0.3) is 0 Å². The molecule has 3 rings (SSSR count). The minimum atomic E-state index is -0.253. The maximum absolute atomic E-state index is 12.1. The van der Waals surface area contributed by atoms with Crippen molar-refractivity contribution in [2.45, 2.75) is 19.9 Å². The van der Waals surface area contributed by atoms with E-state index in [-0.39, 0.29) is 24.6 Å². The van der Waals surface area contributed by atoms with Gasteiger partial charge in [0.2, 0.25) is 5.91 Å². The number of ether oxygens (including phenoxy) is 1. The maximum Gasteiger partial charge on any atom is 0.350 e. The monoisotopic (exact) mass is 326 g/mol. The Bertz CT molecular complexity index is 913. The van der Waals surface area contributed by atoms with Gasteiger partial charge < -0.3 is 10.1 Å². The number of carbonyl (C=O) groups is 1. The van der Waals surface area contributed by atoms with Crippen molar-refractivity contribution in [2.75, 3.05) is 11.9 Å². The highest BCUT2D eigenvalue weighted by Gasteiger charge is 2.09. The second-order valence-electron chi connectivity index (χ2n) is 5.19. The van der Waals surface area contributed by atoms with Crippen LogP contribution in [-0.2, 0) is 11.3 Å². The first-order valence-corrected chi connectivity index (χ1v) is 7.74. The molecule has 1 amide bonds. The zero-order valence-electron chi connectivity index (χ0n) is 13.3. The number of aromatic nitrogens is 3. The quantitative estimate of drug-likeness (QED) is 0.751. The SMILES string of the molecule is CCOc1cccc(NC(=O)CCn2nc3ccccn3c2=O)c1. The van der Waals surface area contributed by atoms with E-state index in [1.165, 1.54) is 9.08 Å². The van der Waals surface area contributed by atoms with E-state index in [0.29, 0.717) is 23.7 Å². The summed E-state index contributed by atoms with van der Waals surface area (Å²) in [6, 6.07) is 12.5. The van der Waals surface area contributed by atoms with Crippen LogP contribution in [0.15, 0.2) is 53.5 Å². The number of carbonyl (C=O) groups excluding carboxylic acids is 1. The molecule has 0 unspecified atom stereocenters. The summed E-state index contributed by atoms with van der Waals surface area (Å²) in [5.74, 6) is 0.513. The topological polar surface area (TPSA) is 77.6 Å². The zero-order chi connectivity index (χ0) is 16.9. The van der Waals surface area contributed by atoms with Crippen molar-refractivity contribution in [3.05, 3.63) is 59.1 Å². The number of aryl methyl sites for hydroxylation is 1. The van der Waals surface area contributed by atoms with E-state index in [2.05, 4.69) is 10.4 Å². The molecule has 0 aliphatic heterocycles. The van der Waals surface area contributed by atoms with Crippen molar-refractivity contribution < 1.29 is 9.53 Å². The normalized spacial score (nSPS) is 10.7. The van der Waals surface area contributed by atoms with Gasteiger partial charge in [-0.05, 0) is 31.2 Å². The highest BCUT2D eigenvalue weighted by Crippen LogP contribution is 2.17. The minimum absolute atomic E-state index is 0.155. The molecular formula is C17H18N4O3. The number of hydrogen-bond acceptors (Lipinski definition) is 4. The lowest BCUT2D eigenvalue weighted by atomic mass is 10.3. The lowest BCUT2D eigenvalue weighted by Crippen LogP contribution is -2.24. The number of hydrogen-bond donors (Lipinski definition) is 1. The average molecular weight is 326 g/mol. The fourth-order valence-corrected chi connectivity index (χ4v) is 2.38. The number of fused-ring (bicyclic) bond motifs is 1. The van der Waals surface area contributed by atoms with E-state index >= 15 is 0 Å². The number of pyridine rings is 1. The number of anilines is 1. The van der Waals surface area contributed by atoms with Crippen LogP contribution in [0.25, 0.3) is 5.65 Å². The molecule has 124 valence electrons. The molecule has 0 spiro atoms. The van der Waals surface area contributed by atoms with Crippen LogP contribution in [0.3, 0.4) is 0 Å². The summed E-state index contributed by atoms with van der Waals surface area (Å²) in [5, 5.41) is 6.99. The van der Waals surface area contributed by atoms with E-state index in [1.54, 1.807) is 30.5 Å². The van der Waals surface area contributed by atoms with Crippen LogP contribution < -0.4 is 15.7 Å². The van der Waals surface area contributed by atoms with Gasteiger partial charge in [-0.1, -0.05) is 12.1 Å². The first-order chi connectivity index (χ1) is 11.7. The predicted molar refractivity (Wildman–Crippen MR) is 90.3 cm³/mol. The van der Waals surface area contributed by atoms with Gasteiger partial charge in [0.1, 0.15) is 5.75 Å². The van der Waals surface area contributed by atoms with Gasteiger partial charge in [0.05, 0.1) is 13.2 Å². The molecule has 2 heterocycles. The van der Waals surface area contributed by atoms with Crippen molar-refractivity contribution in [3.8, 4) is 5.75 Å². The molecule has 0 saturated carbocycles. The third-order valence-electron chi connectivity index (χ3n) is 3.47. The number of nitrogens with zero attached hydrogens (tertiary/aromatic N) is 3. The Morgan fingerprint density at radius 2 is 2.12 bits per heavy atom. The smallest absolute Gasteiger partial charge is 0.350 e. The van der Waals surface area contributed by atoms with Gasteiger partial charge in [-0.25, -0.2) is 9.48 Å². The highest BCUT2D eigenvalue weighted by molar-refractivity contribution is 5.90. The molecule has 3 aromatic rings. The van der Waals surface area contributed by atoms with Crippen molar-refractivity contribution in [2.24, 2.45) is 0 Å². The zero-order valence-corrected chi connectivity index (χ0v) is 13.3. The van der Waals surface area contributed by atoms with Crippen LogP contribution in [0, 0.1) is 0 Å². The molecule has 7 nitrogen and oxygen atoms in total. The van der Waals surface area contributed by atoms with Crippen molar-refractivity contribution in [3.63, 3.8) is 0 Å². The molecule has 2 aromatic heterocycles. The summed E-state index contributed by atoms with van der Waals surface area (Å²) in [7, 11) is 0. The van der Waals surface area contributed by atoms with Gasteiger partial charge in [-0.15, -0.1) is 5.10 Å². The standard InChI is InChI=1S/C17H18N4O3/c1-2-24-14-7-5-6-13(12-14)18-16(22)9-11-21-17(23)20-10-4-3-8-15(20)19-21/h3-8,10,12H,2,9,11H2,1H3,(H,18,22). The van der Waals surface area contributed by atoms with Gasteiger partial charge >= 0.3 is 5.69 Å². The summed E-state index contributed by atoms with van der Waals surface area (Å²) in [6.07, 6.45) is 1.81. The molecule has 0 bridgehead atoms. The van der Waals surface area contributed by atoms with Gasteiger partial charge in [-0.3, -0.25) is 9.20 Å². The van der Waals surface area contributed by atoms with E-state index in [0.717, 1.165) is 0 Å². The number of nitrogens with one attached hydrogen (secondary N) is 1. The molecule has 0 fully saturated rings. The lowest BCUT2D eigenvalue weighted by molar-refractivity contribution is -0.116. The third-order valence-corrected chi connectivity index (χ3v) is 3.47. The summed E-state index contributed by atoms with van der Waals surface area (Å²) in [6.45, 7) is 2.68. The Hall–Kier alpha value is -3.09. The van der Waals surface area contributed by atoms with Crippen LogP contribution in [0.4, 0.5) is 5.69 Å².